The Bertz CT molecular complexity index is 746. The van der Waals surface area contributed by atoms with E-state index in [1.165, 1.54) is 25.3 Å². The number of rotatable bonds is 5. The molecule has 1 aliphatic heterocycles. The van der Waals surface area contributed by atoms with Gasteiger partial charge in [0.05, 0.1) is 26.0 Å². The molecule has 2 N–H and O–H groups in total. The summed E-state index contributed by atoms with van der Waals surface area (Å²) >= 11 is 0. The predicted octanol–water partition coefficient (Wildman–Crippen LogP) is 2.99. The predicted molar refractivity (Wildman–Crippen MR) is 98.3 cm³/mol. The lowest BCUT2D eigenvalue weighted by Gasteiger charge is -2.28. The standard InChI is InChI=1S/C19H22FN3O3/c1-25-18-12-15(20)4-7-17(18)22-19(24)21-13-14-2-5-16(6-3-14)23-8-10-26-11-9-23/h2-7,12H,8-11,13H2,1H3,(H2,21,22,24). The second-order valence-electron chi connectivity index (χ2n) is 5.92. The molecule has 7 heteroatoms. The molecule has 26 heavy (non-hydrogen) atoms. The largest absolute Gasteiger partial charge is 0.494 e. The van der Waals surface area contributed by atoms with E-state index in [2.05, 4.69) is 15.5 Å². The minimum atomic E-state index is -0.423. The molecule has 2 aromatic carbocycles. The van der Waals surface area contributed by atoms with Crippen LogP contribution in [-0.2, 0) is 11.3 Å². The van der Waals surface area contributed by atoms with E-state index in [0.29, 0.717) is 12.2 Å². The number of nitrogens with one attached hydrogen (secondary N) is 2. The Morgan fingerprint density at radius 2 is 1.92 bits per heavy atom. The number of methoxy groups -OCH3 is 1. The fourth-order valence-electron chi connectivity index (χ4n) is 2.76. The summed E-state index contributed by atoms with van der Waals surface area (Å²) < 4.78 is 23.6. The van der Waals surface area contributed by atoms with Gasteiger partial charge in [0.15, 0.2) is 0 Å². The maximum atomic E-state index is 13.2. The third-order valence-corrected chi connectivity index (χ3v) is 4.18. The molecule has 0 aliphatic carbocycles. The number of hydrogen-bond acceptors (Lipinski definition) is 4. The van der Waals surface area contributed by atoms with Crippen LogP contribution in [0.2, 0.25) is 0 Å². The number of anilines is 2. The summed E-state index contributed by atoms with van der Waals surface area (Å²) in [5.74, 6) is -0.150. The third kappa shape index (κ3) is 4.64. The van der Waals surface area contributed by atoms with Crippen LogP contribution in [0.4, 0.5) is 20.6 Å². The quantitative estimate of drug-likeness (QED) is 0.862. The van der Waals surface area contributed by atoms with Gasteiger partial charge in [-0.3, -0.25) is 0 Å². The van der Waals surface area contributed by atoms with Gasteiger partial charge in [0.2, 0.25) is 0 Å². The van der Waals surface area contributed by atoms with Gasteiger partial charge in [-0.2, -0.15) is 0 Å². The zero-order valence-electron chi connectivity index (χ0n) is 14.6. The fourth-order valence-corrected chi connectivity index (χ4v) is 2.76. The normalized spacial score (nSPS) is 14.0. The van der Waals surface area contributed by atoms with E-state index in [9.17, 15) is 9.18 Å². The van der Waals surface area contributed by atoms with Crippen molar-refractivity contribution < 1.29 is 18.7 Å². The highest BCUT2D eigenvalue weighted by Gasteiger charge is 2.11. The van der Waals surface area contributed by atoms with Gasteiger partial charge in [-0.15, -0.1) is 0 Å². The van der Waals surface area contributed by atoms with Crippen LogP contribution in [-0.4, -0.2) is 39.4 Å². The highest BCUT2D eigenvalue weighted by Crippen LogP contribution is 2.24. The van der Waals surface area contributed by atoms with Crippen molar-refractivity contribution in [2.45, 2.75) is 6.54 Å². The number of carbonyl (C=O) groups excluding carboxylic acids is 1. The van der Waals surface area contributed by atoms with Gasteiger partial charge in [0.1, 0.15) is 11.6 Å². The summed E-state index contributed by atoms with van der Waals surface area (Å²) in [7, 11) is 1.42. The molecule has 0 aromatic heterocycles. The minimum absolute atomic E-state index is 0.273. The van der Waals surface area contributed by atoms with Crippen LogP contribution < -0.4 is 20.3 Å². The van der Waals surface area contributed by atoms with Crippen LogP contribution in [0.3, 0.4) is 0 Å². The van der Waals surface area contributed by atoms with Gasteiger partial charge in [-0.25, -0.2) is 9.18 Å². The first-order chi connectivity index (χ1) is 12.7. The Morgan fingerprint density at radius 3 is 2.62 bits per heavy atom. The second kappa shape index (κ2) is 8.53. The molecule has 0 saturated carbocycles. The van der Waals surface area contributed by atoms with Crippen molar-refractivity contribution >= 4 is 17.4 Å². The van der Waals surface area contributed by atoms with Crippen molar-refractivity contribution in [2.24, 2.45) is 0 Å². The van der Waals surface area contributed by atoms with E-state index >= 15 is 0 Å². The first kappa shape index (κ1) is 18.0. The Kier molecular flexibility index (Phi) is 5.91. The number of ether oxygens (including phenoxy) is 2. The Balaban J connectivity index is 1.53. The Morgan fingerprint density at radius 1 is 1.19 bits per heavy atom. The number of hydrogen-bond donors (Lipinski definition) is 2. The van der Waals surface area contributed by atoms with Crippen molar-refractivity contribution in [3.05, 3.63) is 53.8 Å². The molecule has 3 rings (SSSR count). The van der Waals surface area contributed by atoms with Crippen LogP contribution in [0.25, 0.3) is 0 Å². The molecule has 0 unspecified atom stereocenters. The minimum Gasteiger partial charge on any atom is -0.494 e. The average molecular weight is 359 g/mol. The van der Waals surface area contributed by atoms with Gasteiger partial charge in [0, 0.05) is 31.4 Å². The highest BCUT2D eigenvalue weighted by atomic mass is 19.1. The monoisotopic (exact) mass is 359 g/mol. The molecule has 1 heterocycles. The van der Waals surface area contributed by atoms with E-state index in [1.807, 2.05) is 24.3 Å². The maximum Gasteiger partial charge on any atom is 0.319 e. The molecule has 0 radical (unpaired) electrons. The van der Waals surface area contributed by atoms with E-state index in [-0.39, 0.29) is 11.8 Å². The van der Waals surface area contributed by atoms with Crippen LogP contribution in [0.5, 0.6) is 5.75 Å². The van der Waals surface area contributed by atoms with E-state index in [1.54, 1.807) is 0 Å². The molecule has 1 saturated heterocycles. The van der Waals surface area contributed by atoms with E-state index < -0.39 is 5.82 Å². The highest BCUT2D eigenvalue weighted by molar-refractivity contribution is 5.90. The summed E-state index contributed by atoms with van der Waals surface area (Å²) in [6, 6.07) is 11.6. The number of amides is 2. The average Bonchev–Trinajstić information content (AvgIpc) is 2.69. The molecule has 0 atom stereocenters. The van der Waals surface area contributed by atoms with Crippen LogP contribution >= 0.6 is 0 Å². The molecule has 2 aromatic rings. The topological polar surface area (TPSA) is 62.8 Å². The van der Waals surface area contributed by atoms with Gasteiger partial charge >= 0.3 is 6.03 Å². The van der Waals surface area contributed by atoms with Gasteiger partial charge in [-0.1, -0.05) is 12.1 Å². The number of halogens is 1. The molecule has 138 valence electrons. The van der Waals surface area contributed by atoms with Crippen LogP contribution in [0.15, 0.2) is 42.5 Å². The van der Waals surface area contributed by atoms with Crippen molar-refractivity contribution in [3.8, 4) is 5.75 Å². The molecular weight excluding hydrogens is 337 g/mol. The summed E-state index contributed by atoms with van der Waals surface area (Å²) in [6.45, 7) is 3.66. The molecule has 2 amide bonds. The van der Waals surface area contributed by atoms with Crippen LogP contribution in [0.1, 0.15) is 5.56 Å². The van der Waals surface area contributed by atoms with Crippen molar-refractivity contribution in [3.63, 3.8) is 0 Å². The van der Waals surface area contributed by atoms with Crippen LogP contribution in [0, 0.1) is 5.82 Å². The number of urea groups is 1. The zero-order chi connectivity index (χ0) is 18.4. The molecule has 1 aliphatic rings. The lowest BCUT2D eigenvalue weighted by molar-refractivity contribution is 0.122. The first-order valence-corrected chi connectivity index (χ1v) is 8.46. The Labute approximate surface area is 151 Å². The summed E-state index contributed by atoms with van der Waals surface area (Å²) in [5, 5.41) is 5.44. The number of carbonyl (C=O) groups is 1. The van der Waals surface area contributed by atoms with E-state index in [0.717, 1.165) is 37.6 Å². The van der Waals surface area contributed by atoms with Crippen molar-refractivity contribution in [1.29, 1.82) is 0 Å². The Hall–Kier alpha value is -2.80. The molecule has 6 nitrogen and oxygen atoms in total. The van der Waals surface area contributed by atoms with Crippen molar-refractivity contribution in [2.75, 3.05) is 43.6 Å². The maximum absolute atomic E-state index is 13.2. The summed E-state index contributed by atoms with van der Waals surface area (Å²) in [5.41, 5.74) is 2.55. The molecule has 0 bridgehead atoms. The SMILES string of the molecule is COc1cc(F)ccc1NC(=O)NCc1ccc(N2CCOCC2)cc1. The number of morpholine rings is 1. The molecule has 1 fully saturated rings. The lowest BCUT2D eigenvalue weighted by Crippen LogP contribution is -2.36. The fraction of sp³-hybridized carbons (Fsp3) is 0.316. The van der Waals surface area contributed by atoms with Gasteiger partial charge < -0.3 is 25.0 Å². The summed E-state index contributed by atoms with van der Waals surface area (Å²) in [4.78, 5) is 14.3. The zero-order valence-corrected chi connectivity index (χ0v) is 14.6. The van der Waals surface area contributed by atoms with E-state index in [4.69, 9.17) is 9.47 Å². The molecule has 0 spiro atoms. The lowest BCUT2D eigenvalue weighted by atomic mass is 10.2. The second-order valence-corrected chi connectivity index (χ2v) is 5.92. The summed E-state index contributed by atoms with van der Waals surface area (Å²) in [6.07, 6.45) is 0. The smallest absolute Gasteiger partial charge is 0.319 e. The molecular formula is C19H22FN3O3. The third-order valence-electron chi connectivity index (χ3n) is 4.18. The van der Waals surface area contributed by atoms with Crippen molar-refractivity contribution in [1.82, 2.24) is 5.32 Å². The van der Waals surface area contributed by atoms with Gasteiger partial charge in [0.25, 0.3) is 0 Å². The van der Waals surface area contributed by atoms with Gasteiger partial charge in [-0.05, 0) is 29.8 Å². The number of benzene rings is 2. The first-order valence-electron chi connectivity index (χ1n) is 8.46. The number of nitrogens with zero attached hydrogens (tertiary/aromatic N) is 1.